The number of halogens is 2. The van der Waals surface area contributed by atoms with Gasteiger partial charge < -0.3 is 15.5 Å². The molecule has 1 aliphatic carbocycles. The van der Waals surface area contributed by atoms with Crippen molar-refractivity contribution in [2.24, 2.45) is 9.98 Å². The summed E-state index contributed by atoms with van der Waals surface area (Å²) >= 11 is 0. The Hall–Kier alpha value is -3.39. The lowest BCUT2D eigenvalue weighted by molar-refractivity contribution is -0.113. The van der Waals surface area contributed by atoms with E-state index >= 15 is 0 Å². The van der Waals surface area contributed by atoms with E-state index in [9.17, 15) is 13.6 Å². The zero-order chi connectivity index (χ0) is 25.2. The molecule has 2 N–H and O–H groups in total. The molecule has 190 valence electrons. The molecule has 0 saturated carbocycles. The molecule has 6 nitrogen and oxygen atoms in total. The maximum Gasteiger partial charge on any atom is 0.257 e. The van der Waals surface area contributed by atoms with Crippen LogP contribution in [0.1, 0.15) is 50.1 Å². The minimum absolute atomic E-state index is 0.00804. The number of rotatable bonds is 7. The minimum Gasteiger partial charge on any atom is -0.331 e. The van der Waals surface area contributed by atoms with Crippen LogP contribution in [0.15, 0.2) is 82.2 Å². The van der Waals surface area contributed by atoms with Crippen molar-refractivity contribution in [3.8, 4) is 0 Å². The van der Waals surface area contributed by atoms with Crippen LogP contribution in [0.2, 0.25) is 0 Å². The summed E-state index contributed by atoms with van der Waals surface area (Å²) in [6, 6.07) is 7.17. The molecule has 2 unspecified atom stereocenters. The Morgan fingerprint density at radius 3 is 2.86 bits per heavy atom. The highest BCUT2D eigenvalue weighted by atomic mass is 19.1. The summed E-state index contributed by atoms with van der Waals surface area (Å²) in [5, 5.41) is 5.83. The average Bonchev–Trinajstić information content (AvgIpc) is 3.39. The number of hydrogen-bond donors (Lipinski definition) is 2. The topological polar surface area (TPSA) is 69.1 Å². The van der Waals surface area contributed by atoms with Crippen LogP contribution in [-0.4, -0.2) is 48.8 Å². The molecule has 1 aromatic rings. The van der Waals surface area contributed by atoms with Gasteiger partial charge in [0.2, 0.25) is 0 Å². The predicted molar refractivity (Wildman–Crippen MR) is 141 cm³/mol. The summed E-state index contributed by atoms with van der Waals surface area (Å²) < 4.78 is 28.3. The lowest BCUT2D eigenvalue weighted by atomic mass is 10.0. The SMILES string of the molecule is O=C(Nc1cccc(C(CCN2CCCC2)N=C2C=CCC/C=C/N=CN2)c1)C1=C(F)C=CCC1F. The van der Waals surface area contributed by atoms with Crippen LogP contribution in [0.4, 0.5) is 14.5 Å². The number of benzene rings is 1. The average molecular weight is 494 g/mol. The first-order valence-electron chi connectivity index (χ1n) is 12.6. The maximum atomic E-state index is 14.2. The normalized spacial score (nSPS) is 23.5. The molecule has 0 spiro atoms. The quantitative estimate of drug-likeness (QED) is 0.523. The van der Waals surface area contributed by atoms with E-state index in [1.54, 1.807) is 18.6 Å². The van der Waals surface area contributed by atoms with Gasteiger partial charge in [-0.25, -0.2) is 13.8 Å². The van der Waals surface area contributed by atoms with E-state index < -0.39 is 23.5 Å². The standard InChI is InChI=1S/C28H33F2N5O/c29-23-11-8-12-24(30)27(23)28(36)33-22-10-7-9-21(19-22)25(14-18-35-16-5-6-17-35)34-26-13-3-1-2-4-15-31-20-32-26/h3-4,7-11,13,15,19-20,24-25H,1-2,5-6,12,14,16-18H2,(H,33,36)(H,31,32,34)/b13-3?,15-4+. The molecule has 4 rings (SSSR count). The van der Waals surface area contributed by atoms with Crippen molar-refractivity contribution < 1.29 is 13.6 Å². The Morgan fingerprint density at radius 2 is 2.03 bits per heavy atom. The Balaban J connectivity index is 1.56. The molecule has 1 aromatic carbocycles. The third-order valence-electron chi connectivity index (χ3n) is 6.42. The summed E-state index contributed by atoms with van der Waals surface area (Å²) in [6.45, 7) is 3.10. The number of nitrogens with zero attached hydrogens (tertiary/aromatic N) is 3. The first kappa shape index (κ1) is 25.7. The molecule has 2 aliphatic heterocycles. The van der Waals surface area contributed by atoms with Crippen molar-refractivity contribution in [3.05, 3.63) is 77.8 Å². The molecule has 2 heterocycles. The number of alkyl halides is 1. The lowest BCUT2D eigenvalue weighted by Crippen LogP contribution is -2.24. The van der Waals surface area contributed by atoms with Gasteiger partial charge in [-0.2, -0.15) is 0 Å². The number of carbonyl (C=O) groups excluding carboxylic acids is 1. The van der Waals surface area contributed by atoms with Crippen molar-refractivity contribution in [2.45, 2.75) is 50.7 Å². The van der Waals surface area contributed by atoms with E-state index in [1.165, 1.54) is 18.9 Å². The van der Waals surface area contributed by atoms with Gasteiger partial charge in [-0.3, -0.25) is 9.79 Å². The summed E-state index contributed by atoms with van der Waals surface area (Å²) in [5.74, 6) is -0.887. The Morgan fingerprint density at radius 1 is 1.19 bits per heavy atom. The van der Waals surface area contributed by atoms with Gasteiger partial charge in [0.15, 0.2) is 0 Å². The van der Waals surface area contributed by atoms with E-state index in [4.69, 9.17) is 4.99 Å². The Bertz CT molecular complexity index is 1100. The number of aliphatic imine (C=N–C) groups is 2. The van der Waals surface area contributed by atoms with Gasteiger partial charge in [-0.15, -0.1) is 0 Å². The molecular formula is C28H33F2N5O. The van der Waals surface area contributed by atoms with Gasteiger partial charge in [-0.05, 0) is 75.0 Å². The third-order valence-corrected chi connectivity index (χ3v) is 6.42. The summed E-state index contributed by atoms with van der Waals surface area (Å²) in [6.07, 6.45) is 15.3. The van der Waals surface area contributed by atoms with Gasteiger partial charge >= 0.3 is 0 Å². The van der Waals surface area contributed by atoms with Gasteiger partial charge in [0.25, 0.3) is 5.91 Å². The fourth-order valence-corrected chi connectivity index (χ4v) is 4.50. The fraction of sp³-hybridized carbons (Fsp3) is 0.393. The molecule has 1 saturated heterocycles. The van der Waals surface area contributed by atoms with Crippen LogP contribution in [0.5, 0.6) is 0 Å². The van der Waals surface area contributed by atoms with Crippen LogP contribution in [0.3, 0.4) is 0 Å². The van der Waals surface area contributed by atoms with Gasteiger partial charge in [0.1, 0.15) is 17.8 Å². The molecule has 0 aromatic heterocycles. The van der Waals surface area contributed by atoms with Gasteiger partial charge in [0.05, 0.1) is 18.0 Å². The molecule has 8 heteroatoms. The number of amides is 1. The molecular weight excluding hydrogens is 460 g/mol. The Kier molecular flexibility index (Phi) is 9.33. The fourth-order valence-electron chi connectivity index (χ4n) is 4.50. The highest BCUT2D eigenvalue weighted by Crippen LogP contribution is 2.28. The highest BCUT2D eigenvalue weighted by Gasteiger charge is 2.26. The van der Waals surface area contributed by atoms with Crippen molar-refractivity contribution in [3.63, 3.8) is 0 Å². The summed E-state index contributed by atoms with van der Waals surface area (Å²) in [4.78, 5) is 24.3. The second-order valence-corrected chi connectivity index (χ2v) is 9.10. The number of hydrogen-bond acceptors (Lipinski definition) is 4. The van der Waals surface area contributed by atoms with E-state index in [1.807, 2.05) is 30.4 Å². The second-order valence-electron chi connectivity index (χ2n) is 9.10. The zero-order valence-electron chi connectivity index (χ0n) is 20.4. The predicted octanol–water partition coefficient (Wildman–Crippen LogP) is 5.55. The summed E-state index contributed by atoms with van der Waals surface area (Å²) in [7, 11) is 0. The minimum atomic E-state index is -1.65. The maximum absolute atomic E-state index is 14.2. The third kappa shape index (κ3) is 7.31. The monoisotopic (exact) mass is 493 g/mol. The van der Waals surface area contributed by atoms with Gasteiger partial charge in [-0.1, -0.05) is 30.4 Å². The molecule has 1 amide bonds. The number of amidine groups is 1. The van der Waals surface area contributed by atoms with Crippen molar-refractivity contribution in [1.29, 1.82) is 0 Å². The van der Waals surface area contributed by atoms with Gasteiger partial charge in [0, 0.05) is 24.9 Å². The number of anilines is 1. The second kappa shape index (κ2) is 13.1. The van der Waals surface area contributed by atoms with Crippen LogP contribution in [0.25, 0.3) is 0 Å². The molecule has 1 fully saturated rings. The van der Waals surface area contributed by atoms with Crippen LogP contribution in [0, 0.1) is 0 Å². The number of allylic oxidation sites excluding steroid dienone is 5. The molecule has 2 atom stereocenters. The first-order chi connectivity index (χ1) is 17.6. The Labute approximate surface area is 211 Å². The highest BCUT2D eigenvalue weighted by molar-refractivity contribution is 6.05. The first-order valence-corrected chi connectivity index (χ1v) is 12.6. The molecule has 0 bridgehead atoms. The van der Waals surface area contributed by atoms with Crippen molar-refractivity contribution >= 4 is 23.8 Å². The van der Waals surface area contributed by atoms with Crippen molar-refractivity contribution in [2.75, 3.05) is 25.0 Å². The van der Waals surface area contributed by atoms with E-state index in [0.717, 1.165) is 50.5 Å². The number of likely N-dealkylation sites (tertiary alicyclic amines) is 1. The van der Waals surface area contributed by atoms with Crippen LogP contribution >= 0.6 is 0 Å². The number of nitrogens with one attached hydrogen (secondary N) is 2. The van der Waals surface area contributed by atoms with E-state index in [2.05, 4.69) is 26.6 Å². The molecule has 36 heavy (non-hydrogen) atoms. The van der Waals surface area contributed by atoms with E-state index in [-0.39, 0.29) is 12.5 Å². The van der Waals surface area contributed by atoms with Crippen LogP contribution < -0.4 is 10.6 Å². The smallest absolute Gasteiger partial charge is 0.257 e. The molecule has 0 radical (unpaired) electrons. The molecule has 3 aliphatic rings. The van der Waals surface area contributed by atoms with E-state index in [0.29, 0.717) is 11.5 Å². The zero-order valence-corrected chi connectivity index (χ0v) is 20.4. The largest absolute Gasteiger partial charge is 0.331 e. The number of carbonyl (C=O) groups is 1. The van der Waals surface area contributed by atoms with Crippen molar-refractivity contribution in [1.82, 2.24) is 10.2 Å². The lowest BCUT2D eigenvalue weighted by Gasteiger charge is -2.20. The summed E-state index contributed by atoms with van der Waals surface area (Å²) in [5.41, 5.74) is 0.934. The van der Waals surface area contributed by atoms with Crippen LogP contribution in [-0.2, 0) is 4.79 Å².